The van der Waals surface area contributed by atoms with Crippen molar-refractivity contribution in [2.45, 2.75) is 72.0 Å². The molecule has 2 heteroatoms. The average molecular weight is 247 g/mol. The molecule has 1 rings (SSSR count). The highest BCUT2D eigenvalue weighted by Gasteiger charge is 2.23. The molecule has 1 aliphatic rings. The largest absolute Gasteiger partial charge is 0.414 e. The maximum atomic E-state index is 2.68. The Hall–Kier alpha value is -0.655. The van der Waals surface area contributed by atoms with Crippen LogP contribution in [-0.2, 0) is 0 Å². The SMILES string of the molecule is CCCCB1C=CC=C(CCCC)N1CCCC. The molecule has 0 atom stereocenters. The highest BCUT2D eigenvalue weighted by molar-refractivity contribution is 6.62. The van der Waals surface area contributed by atoms with Crippen LogP contribution in [0.3, 0.4) is 0 Å². The van der Waals surface area contributed by atoms with Gasteiger partial charge in [0.05, 0.1) is 0 Å². The third kappa shape index (κ3) is 4.92. The fourth-order valence-corrected chi connectivity index (χ4v) is 2.60. The van der Waals surface area contributed by atoms with E-state index in [4.69, 9.17) is 0 Å². The van der Waals surface area contributed by atoms with Gasteiger partial charge in [-0.15, -0.1) is 0 Å². The van der Waals surface area contributed by atoms with E-state index in [1.807, 2.05) is 0 Å². The van der Waals surface area contributed by atoms with E-state index in [2.05, 4.69) is 43.7 Å². The van der Waals surface area contributed by atoms with Crippen LogP contribution in [0.4, 0.5) is 0 Å². The quantitative estimate of drug-likeness (QED) is 0.514. The first-order chi connectivity index (χ1) is 8.83. The first-order valence-corrected chi connectivity index (χ1v) is 7.97. The van der Waals surface area contributed by atoms with Crippen molar-refractivity contribution in [1.82, 2.24) is 4.81 Å². The lowest BCUT2D eigenvalue weighted by Crippen LogP contribution is -2.39. The maximum absolute atomic E-state index is 2.68. The number of unbranched alkanes of at least 4 members (excludes halogenated alkanes) is 3. The molecule has 0 N–H and O–H groups in total. The Labute approximate surface area is 114 Å². The van der Waals surface area contributed by atoms with Crippen molar-refractivity contribution in [3.05, 3.63) is 23.8 Å². The van der Waals surface area contributed by atoms with Crippen LogP contribution in [0.25, 0.3) is 0 Å². The summed E-state index contributed by atoms with van der Waals surface area (Å²) >= 11 is 0. The van der Waals surface area contributed by atoms with Gasteiger partial charge in [-0.05, 0) is 31.7 Å². The minimum Gasteiger partial charge on any atom is -0.414 e. The zero-order valence-electron chi connectivity index (χ0n) is 12.6. The predicted molar refractivity (Wildman–Crippen MR) is 83.8 cm³/mol. The first kappa shape index (κ1) is 15.4. The lowest BCUT2D eigenvalue weighted by Gasteiger charge is -2.34. The molecule has 0 aliphatic carbocycles. The van der Waals surface area contributed by atoms with E-state index >= 15 is 0 Å². The molecule has 102 valence electrons. The molecular formula is C16H30BN. The molecule has 18 heavy (non-hydrogen) atoms. The summed E-state index contributed by atoms with van der Waals surface area (Å²) in [5, 5.41) is 0. The van der Waals surface area contributed by atoms with Crippen molar-refractivity contribution in [2.75, 3.05) is 6.54 Å². The molecule has 0 saturated carbocycles. The Morgan fingerprint density at radius 3 is 2.39 bits per heavy atom. The second-order valence-electron chi connectivity index (χ2n) is 5.40. The summed E-state index contributed by atoms with van der Waals surface area (Å²) in [6.45, 7) is 8.76. The molecule has 0 spiro atoms. The third-order valence-corrected chi connectivity index (χ3v) is 3.78. The fraction of sp³-hybridized carbons (Fsp3) is 0.750. The maximum Gasteiger partial charge on any atom is 0.280 e. The van der Waals surface area contributed by atoms with Crippen LogP contribution in [0.5, 0.6) is 0 Å². The van der Waals surface area contributed by atoms with Crippen LogP contribution >= 0.6 is 0 Å². The van der Waals surface area contributed by atoms with Gasteiger partial charge in [0, 0.05) is 12.2 Å². The van der Waals surface area contributed by atoms with Crippen molar-refractivity contribution >= 4 is 6.85 Å². The zero-order valence-corrected chi connectivity index (χ0v) is 12.6. The second-order valence-corrected chi connectivity index (χ2v) is 5.40. The predicted octanol–water partition coefficient (Wildman–Crippen LogP) is 5.06. The smallest absolute Gasteiger partial charge is 0.280 e. The van der Waals surface area contributed by atoms with E-state index in [9.17, 15) is 0 Å². The van der Waals surface area contributed by atoms with E-state index in [1.165, 1.54) is 57.8 Å². The highest BCUT2D eigenvalue weighted by Crippen LogP contribution is 2.22. The van der Waals surface area contributed by atoms with Gasteiger partial charge < -0.3 is 4.81 Å². The molecule has 0 fully saturated rings. The molecule has 1 aliphatic heterocycles. The van der Waals surface area contributed by atoms with E-state index in [0.29, 0.717) is 6.85 Å². The van der Waals surface area contributed by atoms with Crippen LogP contribution < -0.4 is 0 Å². The van der Waals surface area contributed by atoms with Crippen LogP contribution in [0, 0.1) is 0 Å². The molecule has 0 amide bonds. The molecule has 0 radical (unpaired) electrons. The molecule has 1 heterocycles. The molecule has 0 saturated heterocycles. The fourth-order valence-electron chi connectivity index (χ4n) is 2.60. The van der Waals surface area contributed by atoms with Gasteiger partial charge in [-0.2, -0.15) is 0 Å². The van der Waals surface area contributed by atoms with Crippen molar-refractivity contribution < 1.29 is 0 Å². The molecule has 0 aromatic rings. The van der Waals surface area contributed by atoms with Gasteiger partial charge in [0.15, 0.2) is 0 Å². The van der Waals surface area contributed by atoms with Gasteiger partial charge in [-0.3, -0.25) is 0 Å². The second kappa shape index (κ2) is 9.30. The Balaban J connectivity index is 2.61. The number of hydrogen-bond donors (Lipinski definition) is 0. The monoisotopic (exact) mass is 247 g/mol. The van der Waals surface area contributed by atoms with Crippen molar-refractivity contribution in [2.24, 2.45) is 0 Å². The van der Waals surface area contributed by atoms with Gasteiger partial charge >= 0.3 is 0 Å². The van der Waals surface area contributed by atoms with Crippen molar-refractivity contribution in [3.63, 3.8) is 0 Å². The molecule has 1 nitrogen and oxygen atoms in total. The minimum atomic E-state index is 0.661. The normalized spacial score (nSPS) is 15.2. The van der Waals surface area contributed by atoms with Crippen LogP contribution in [0.1, 0.15) is 65.7 Å². The van der Waals surface area contributed by atoms with Crippen LogP contribution in [0.15, 0.2) is 23.8 Å². The average Bonchev–Trinajstić information content (AvgIpc) is 2.41. The van der Waals surface area contributed by atoms with Crippen molar-refractivity contribution in [3.8, 4) is 0 Å². The zero-order chi connectivity index (χ0) is 13.2. The summed E-state index contributed by atoms with van der Waals surface area (Å²) in [4.78, 5) is 2.68. The van der Waals surface area contributed by atoms with E-state index < -0.39 is 0 Å². The topological polar surface area (TPSA) is 3.24 Å². The first-order valence-electron chi connectivity index (χ1n) is 7.97. The summed E-state index contributed by atoms with van der Waals surface area (Å²) in [6, 6.07) is 0. The number of rotatable bonds is 9. The summed E-state index contributed by atoms with van der Waals surface area (Å²) in [7, 11) is 0. The van der Waals surface area contributed by atoms with E-state index in [0.717, 1.165) is 0 Å². The van der Waals surface area contributed by atoms with Gasteiger partial charge in [0.1, 0.15) is 0 Å². The summed E-state index contributed by atoms with van der Waals surface area (Å²) in [6.07, 6.45) is 15.1. The van der Waals surface area contributed by atoms with Gasteiger partial charge in [0.25, 0.3) is 6.85 Å². The Kier molecular flexibility index (Phi) is 7.96. The standard InChI is InChI=1S/C16H30BN/c1-4-7-11-16-12-10-14-17(13-8-5-2)18(16)15-9-6-3/h10,12,14H,4-9,11,13,15H2,1-3H3. The number of nitrogens with zero attached hydrogens (tertiary/aromatic N) is 1. The summed E-state index contributed by atoms with van der Waals surface area (Å²) in [5.74, 6) is 2.40. The Morgan fingerprint density at radius 2 is 1.72 bits per heavy atom. The number of allylic oxidation sites excluding steroid dienone is 3. The van der Waals surface area contributed by atoms with Crippen LogP contribution in [0.2, 0.25) is 6.32 Å². The lowest BCUT2D eigenvalue weighted by atomic mass is 9.54. The van der Waals surface area contributed by atoms with Crippen LogP contribution in [-0.4, -0.2) is 18.2 Å². The summed E-state index contributed by atoms with van der Waals surface area (Å²) in [5.41, 5.74) is 1.58. The summed E-state index contributed by atoms with van der Waals surface area (Å²) < 4.78 is 0. The third-order valence-electron chi connectivity index (χ3n) is 3.78. The number of hydrogen-bond acceptors (Lipinski definition) is 1. The molecule has 0 aromatic heterocycles. The van der Waals surface area contributed by atoms with Gasteiger partial charge in [-0.1, -0.05) is 58.5 Å². The molecule has 0 unspecified atom stereocenters. The Morgan fingerprint density at radius 1 is 1.00 bits per heavy atom. The molecule has 0 aromatic carbocycles. The Bertz CT molecular complexity index is 270. The lowest BCUT2D eigenvalue weighted by molar-refractivity contribution is 0.476. The van der Waals surface area contributed by atoms with Gasteiger partial charge in [0.2, 0.25) is 0 Å². The van der Waals surface area contributed by atoms with E-state index in [1.54, 1.807) is 5.70 Å². The minimum absolute atomic E-state index is 0.661. The highest BCUT2D eigenvalue weighted by atomic mass is 15.1. The van der Waals surface area contributed by atoms with Gasteiger partial charge in [-0.25, -0.2) is 0 Å². The molecular weight excluding hydrogens is 217 g/mol. The van der Waals surface area contributed by atoms with E-state index in [-0.39, 0.29) is 0 Å². The molecule has 0 bridgehead atoms. The van der Waals surface area contributed by atoms with Crippen molar-refractivity contribution in [1.29, 1.82) is 0 Å².